The van der Waals surface area contributed by atoms with Gasteiger partial charge in [0.05, 0.1) is 4.47 Å². The van der Waals surface area contributed by atoms with Crippen molar-refractivity contribution in [3.05, 3.63) is 27.4 Å². The lowest BCUT2D eigenvalue weighted by Crippen LogP contribution is -1.85. The molecule has 0 amide bonds. The Morgan fingerprint density at radius 1 is 1.00 bits per heavy atom. The van der Waals surface area contributed by atoms with Gasteiger partial charge in [-0.1, -0.05) is 0 Å². The first-order valence-corrected chi connectivity index (χ1v) is 5.06. The Bertz CT molecular complexity index is 473. The van der Waals surface area contributed by atoms with Gasteiger partial charge in [-0.2, -0.15) is 0 Å². The van der Waals surface area contributed by atoms with Crippen LogP contribution in [0.5, 0.6) is 5.75 Å². The maximum absolute atomic E-state index is 9.61. The molecular weight excluding hydrogens is 300 g/mol. The third kappa shape index (κ3) is 1.42. The predicted molar refractivity (Wildman–Crippen MR) is 56.6 cm³/mol. The predicted octanol–water partition coefficient (Wildman–Crippen LogP) is 2.86. The van der Waals surface area contributed by atoms with E-state index in [-0.39, 0.29) is 5.75 Å². The average Bonchev–Trinajstić information content (AvgIpc) is 2.15. The number of nitrogens with zero attached hydrogens (tertiary/aromatic N) is 2. The standard InChI is InChI=1S/C8H4Br2N2O/c9-4-3-5(10)8(13)7-6(4)11-1-2-12-7/h1-3,13H. The second-order valence-corrected chi connectivity index (χ2v) is 4.15. The van der Waals surface area contributed by atoms with Crippen molar-refractivity contribution in [3.63, 3.8) is 0 Å². The number of phenolic OH excluding ortho intramolecular Hbond substituents is 1. The fourth-order valence-electron chi connectivity index (χ4n) is 1.05. The van der Waals surface area contributed by atoms with Crippen molar-refractivity contribution in [1.82, 2.24) is 9.97 Å². The van der Waals surface area contributed by atoms with Crippen LogP contribution in [0.1, 0.15) is 0 Å². The molecule has 0 saturated carbocycles. The van der Waals surface area contributed by atoms with Crippen LogP contribution >= 0.6 is 31.9 Å². The highest BCUT2D eigenvalue weighted by Crippen LogP contribution is 2.34. The molecule has 0 fully saturated rings. The Labute approximate surface area is 91.1 Å². The molecule has 0 aliphatic heterocycles. The van der Waals surface area contributed by atoms with Crippen molar-refractivity contribution >= 4 is 42.9 Å². The molecule has 0 bridgehead atoms. The summed E-state index contributed by atoms with van der Waals surface area (Å²) in [5.41, 5.74) is 1.15. The molecule has 0 aliphatic rings. The number of hydrogen-bond acceptors (Lipinski definition) is 3. The number of fused-ring (bicyclic) bond motifs is 1. The van der Waals surface area contributed by atoms with Gasteiger partial charge in [0, 0.05) is 16.9 Å². The van der Waals surface area contributed by atoms with E-state index in [1.807, 2.05) is 0 Å². The van der Waals surface area contributed by atoms with Crippen LogP contribution in [0.3, 0.4) is 0 Å². The van der Waals surface area contributed by atoms with Crippen LogP contribution in [-0.2, 0) is 0 Å². The number of hydrogen-bond donors (Lipinski definition) is 1. The molecule has 0 atom stereocenters. The van der Waals surface area contributed by atoms with Crippen molar-refractivity contribution in [1.29, 1.82) is 0 Å². The largest absolute Gasteiger partial charge is 0.504 e. The molecule has 13 heavy (non-hydrogen) atoms. The van der Waals surface area contributed by atoms with E-state index >= 15 is 0 Å². The number of phenols is 1. The van der Waals surface area contributed by atoms with Gasteiger partial charge in [-0.25, -0.2) is 4.98 Å². The van der Waals surface area contributed by atoms with E-state index in [2.05, 4.69) is 41.8 Å². The molecule has 1 heterocycles. The SMILES string of the molecule is Oc1c(Br)cc(Br)c2nccnc12. The minimum absolute atomic E-state index is 0.117. The van der Waals surface area contributed by atoms with Crippen LogP contribution < -0.4 is 0 Å². The lowest BCUT2D eigenvalue weighted by Gasteiger charge is -2.02. The number of benzene rings is 1. The number of halogens is 2. The first-order valence-electron chi connectivity index (χ1n) is 3.48. The summed E-state index contributed by atoms with van der Waals surface area (Å²) in [7, 11) is 0. The van der Waals surface area contributed by atoms with E-state index in [4.69, 9.17) is 0 Å². The molecule has 0 spiro atoms. The second-order valence-electron chi connectivity index (χ2n) is 2.44. The quantitative estimate of drug-likeness (QED) is 0.814. The van der Waals surface area contributed by atoms with Gasteiger partial charge in [0.25, 0.3) is 0 Å². The fourth-order valence-corrected chi connectivity index (χ4v) is 2.29. The highest BCUT2D eigenvalue weighted by atomic mass is 79.9. The van der Waals surface area contributed by atoms with Crippen LogP contribution in [-0.4, -0.2) is 15.1 Å². The molecular formula is C8H4Br2N2O. The zero-order valence-corrected chi connectivity index (χ0v) is 9.50. The van der Waals surface area contributed by atoms with Gasteiger partial charge in [0.15, 0.2) is 5.75 Å². The third-order valence-corrected chi connectivity index (χ3v) is 2.84. The highest BCUT2D eigenvalue weighted by molar-refractivity contribution is 9.11. The average molecular weight is 304 g/mol. The van der Waals surface area contributed by atoms with Gasteiger partial charge in [-0.15, -0.1) is 0 Å². The van der Waals surface area contributed by atoms with Crippen molar-refractivity contribution < 1.29 is 5.11 Å². The molecule has 2 aromatic rings. The third-order valence-electron chi connectivity index (χ3n) is 1.63. The summed E-state index contributed by atoms with van der Waals surface area (Å²) in [6, 6.07) is 1.74. The molecule has 0 saturated heterocycles. The van der Waals surface area contributed by atoms with Crippen molar-refractivity contribution in [2.24, 2.45) is 0 Å². The smallest absolute Gasteiger partial charge is 0.157 e. The summed E-state index contributed by atoms with van der Waals surface area (Å²) in [6.07, 6.45) is 3.13. The Balaban J connectivity index is 2.97. The van der Waals surface area contributed by atoms with Crippen molar-refractivity contribution in [2.45, 2.75) is 0 Å². The highest BCUT2D eigenvalue weighted by Gasteiger charge is 2.09. The van der Waals surface area contributed by atoms with Gasteiger partial charge in [0.1, 0.15) is 11.0 Å². The van der Waals surface area contributed by atoms with E-state index in [0.29, 0.717) is 15.5 Å². The maximum atomic E-state index is 9.61. The van der Waals surface area contributed by atoms with E-state index in [1.165, 1.54) is 0 Å². The molecule has 0 unspecified atom stereocenters. The number of rotatable bonds is 0. The summed E-state index contributed by atoms with van der Waals surface area (Å²) >= 11 is 6.56. The Morgan fingerprint density at radius 2 is 1.62 bits per heavy atom. The zero-order valence-electron chi connectivity index (χ0n) is 6.33. The monoisotopic (exact) mass is 302 g/mol. The van der Waals surface area contributed by atoms with Crippen LogP contribution in [0.15, 0.2) is 27.4 Å². The fraction of sp³-hybridized carbons (Fsp3) is 0. The van der Waals surface area contributed by atoms with E-state index in [1.54, 1.807) is 18.5 Å². The van der Waals surface area contributed by atoms with Crippen molar-refractivity contribution in [2.75, 3.05) is 0 Å². The Hall–Kier alpha value is -0.680. The van der Waals surface area contributed by atoms with Gasteiger partial charge >= 0.3 is 0 Å². The first kappa shape index (κ1) is 8.90. The number of aromatic nitrogens is 2. The lowest BCUT2D eigenvalue weighted by molar-refractivity contribution is 0.477. The lowest BCUT2D eigenvalue weighted by atomic mass is 10.3. The van der Waals surface area contributed by atoms with Crippen LogP contribution in [0.4, 0.5) is 0 Å². The molecule has 3 nitrogen and oxygen atoms in total. The van der Waals surface area contributed by atoms with E-state index in [9.17, 15) is 5.11 Å². The summed E-state index contributed by atoms with van der Waals surface area (Å²) in [6.45, 7) is 0. The Morgan fingerprint density at radius 3 is 2.31 bits per heavy atom. The molecule has 5 heteroatoms. The topological polar surface area (TPSA) is 46.0 Å². The van der Waals surface area contributed by atoms with Crippen LogP contribution in [0, 0.1) is 0 Å². The molecule has 66 valence electrons. The van der Waals surface area contributed by atoms with Crippen molar-refractivity contribution in [3.8, 4) is 5.75 Å². The number of aromatic hydroxyl groups is 1. The van der Waals surface area contributed by atoms with Gasteiger partial charge in [0.2, 0.25) is 0 Å². The normalized spacial score (nSPS) is 10.6. The maximum Gasteiger partial charge on any atom is 0.157 e. The molecule has 0 aliphatic carbocycles. The Kier molecular flexibility index (Phi) is 2.21. The summed E-state index contributed by atoms with van der Waals surface area (Å²) in [5, 5.41) is 9.61. The van der Waals surface area contributed by atoms with Gasteiger partial charge < -0.3 is 5.11 Å². The van der Waals surface area contributed by atoms with Crippen LogP contribution in [0.25, 0.3) is 11.0 Å². The zero-order chi connectivity index (χ0) is 9.42. The van der Waals surface area contributed by atoms with Gasteiger partial charge in [-0.05, 0) is 37.9 Å². The van der Waals surface area contributed by atoms with E-state index < -0.39 is 0 Å². The summed E-state index contributed by atoms with van der Waals surface area (Å²) < 4.78 is 1.41. The van der Waals surface area contributed by atoms with E-state index in [0.717, 1.165) is 4.47 Å². The molecule has 1 aromatic heterocycles. The molecule has 2 rings (SSSR count). The summed E-state index contributed by atoms with van der Waals surface area (Å²) in [4.78, 5) is 8.12. The minimum Gasteiger partial charge on any atom is -0.504 e. The molecule has 1 aromatic carbocycles. The second kappa shape index (κ2) is 3.23. The molecule has 0 radical (unpaired) electrons. The minimum atomic E-state index is 0.117. The first-order chi connectivity index (χ1) is 6.20. The molecule has 1 N–H and O–H groups in total. The summed E-state index contributed by atoms with van der Waals surface area (Å²) in [5.74, 6) is 0.117. The van der Waals surface area contributed by atoms with Crippen LogP contribution in [0.2, 0.25) is 0 Å². The van der Waals surface area contributed by atoms with Gasteiger partial charge in [-0.3, -0.25) is 4.98 Å².